The maximum atomic E-state index is 12.3. The zero-order chi connectivity index (χ0) is 14.7. The van der Waals surface area contributed by atoms with Crippen LogP contribution in [0.2, 0.25) is 0 Å². The molecule has 0 spiro atoms. The van der Waals surface area contributed by atoms with Crippen molar-refractivity contribution in [1.29, 1.82) is 0 Å². The molecule has 0 saturated heterocycles. The molecule has 0 unspecified atom stereocenters. The number of nitro benzene ring substituents is 1. The van der Waals surface area contributed by atoms with Crippen LogP contribution < -0.4 is 5.73 Å². The Morgan fingerprint density at radius 2 is 2.20 bits per heavy atom. The molecule has 0 bridgehead atoms. The van der Waals surface area contributed by atoms with Gasteiger partial charge < -0.3 is 10.6 Å². The fraction of sp³-hybridized carbons (Fsp3) is 0.154. The van der Waals surface area contributed by atoms with Crippen LogP contribution in [0.5, 0.6) is 0 Å². The highest BCUT2D eigenvalue weighted by Gasteiger charge is 2.23. The number of benzene rings is 1. The molecule has 20 heavy (non-hydrogen) atoms. The Morgan fingerprint density at radius 1 is 1.45 bits per heavy atom. The lowest BCUT2D eigenvalue weighted by Crippen LogP contribution is -2.26. The molecule has 0 aliphatic rings. The monoisotopic (exact) mass is 291 g/mol. The molecule has 2 N–H and O–H groups in total. The fourth-order valence-corrected chi connectivity index (χ4v) is 2.48. The van der Waals surface area contributed by atoms with E-state index in [0.29, 0.717) is 12.2 Å². The first-order chi connectivity index (χ1) is 9.49. The highest BCUT2D eigenvalue weighted by molar-refractivity contribution is 7.07. The normalized spacial score (nSPS) is 10.2. The Labute approximate surface area is 119 Å². The van der Waals surface area contributed by atoms with Gasteiger partial charge in [-0.05, 0) is 34.5 Å². The summed E-state index contributed by atoms with van der Waals surface area (Å²) >= 11 is 1.53. The van der Waals surface area contributed by atoms with Gasteiger partial charge in [-0.25, -0.2) is 0 Å². The smallest absolute Gasteiger partial charge is 0.282 e. The summed E-state index contributed by atoms with van der Waals surface area (Å²) in [4.78, 5) is 24.1. The summed E-state index contributed by atoms with van der Waals surface area (Å²) < 4.78 is 0. The first-order valence-electron chi connectivity index (χ1n) is 5.79. The Hall–Kier alpha value is -2.41. The molecule has 6 nitrogen and oxygen atoms in total. The standard InChI is InChI=1S/C13H13N3O3S/c1-15(7-9-4-5-20-8-9)13(17)11-6-10(14)2-3-12(11)16(18)19/h2-6,8H,7,14H2,1H3. The molecule has 1 aromatic carbocycles. The van der Waals surface area contributed by atoms with Crippen LogP contribution in [-0.2, 0) is 6.54 Å². The lowest BCUT2D eigenvalue weighted by Gasteiger charge is -2.16. The molecule has 7 heteroatoms. The molecule has 1 amide bonds. The average molecular weight is 291 g/mol. The lowest BCUT2D eigenvalue weighted by molar-refractivity contribution is -0.385. The SMILES string of the molecule is CN(Cc1ccsc1)C(=O)c1cc(N)ccc1[N+](=O)[O-]. The first kappa shape index (κ1) is 14.0. The van der Waals surface area contributed by atoms with Crippen molar-refractivity contribution in [3.63, 3.8) is 0 Å². The molecule has 104 valence electrons. The van der Waals surface area contributed by atoms with Crippen molar-refractivity contribution in [3.05, 3.63) is 56.3 Å². The number of nitrogen functional groups attached to an aromatic ring is 1. The zero-order valence-electron chi connectivity index (χ0n) is 10.8. The summed E-state index contributed by atoms with van der Waals surface area (Å²) in [6.07, 6.45) is 0. The summed E-state index contributed by atoms with van der Waals surface area (Å²) in [5, 5.41) is 14.8. The van der Waals surface area contributed by atoms with E-state index >= 15 is 0 Å². The molecule has 0 aliphatic carbocycles. The number of hydrogen-bond acceptors (Lipinski definition) is 5. The highest BCUT2D eigenvalue weighted by atomic mass is 32.1. The second-order valence-electron chi connectivity index (χ2n) is 4.33. The van der Waals surface area contributed by atoms with Crippen LogP contribution in [0.25, 0.3) is 0 Å². The summed E-state index contributed by atoms with van der Waals surface area (Å²) in [6, 6.07) is 5.90. The summed E-state index contributed by atoms with van der Waals surface area (Å²) in [6.45, 7) is 0.397. The molecule has 0 saturated carbocycles. The molecule has 2 rings (SSSR count). The van der Waals surface area contributed by atoms with Gasteiger partial charge in [0, 0.05) is 25.3 Å². The molecule has 1 heterocycles. The molecule has 0 radical (unpaired) electrons. The van der Waals surface area contributed by atoms with E-state index in [9.17, 15) is 14.9 Å². The predicted molar refractivity (Wildman–Crippen MR) is 77.6 cm³/mol. The van der Waals surface area contributed by atoms with Crippen LogP contribution in [0.3, 0.4) is 0 Å². The van der Waals surface area contributed by atoms with Crippen molar-refractivity contribution in [2.45, 2.75) is 6.54 Å². The van der Waals surface area contributed by atoms with E-state index in [1.807, 2.05) is 16.8 Å². The number of rotatable bonds is 4. The van der Waals surface area contributed by atoms with Crippen LogP contribution in [0.4, 0.5) is 11.4 Å². The number of nitrogens with two attached hydrogens (primary N) is 1. The Balaban J connectivity index is 2.28. The number of carbonyl (C=O) groups is 1. The quantitative estimate of drug-likeness (QED) is 0.532. The topological polar surface area (TPSA) is 89.5 Å². The van der Waals surface area contributed by atoms with E-state index in [-0.39, 0.29) is 11.3 Å². The van der Waals surface area contributed by atoms with E-state index in [0.717, 1.165) is 5.56 Å². The van der Waals surface area contributed by atoms with Gasteiger partial charge in [-0.15, -0.1) is 0 Å². The molecule has 2 aromatic rings. The third-order valence-electron chi connectivity index (χ3n) is 2.79. The fourth-order valence-electron chi connectivity index (χ4n) is 1.82. The molecule has 0 atom stereocenters. The van der Waals surface area contributed by atoms with Gasteiger partial charge in [-0.1, -0.05) is 0 Å². The van der Waals surface area contributed by atoms with E-state index in [2.05, 4.69) is 0 Å². The largest absolute Gasteiger partial charge is 0.399 e. The maximum absolute atomic E-state index is 12.3. The van der Waals surface area contributed by atoms with E-state index in [1.54, 1.807) is 7.05 Å². The zero-order valence-corrected chi connectivity index (χ0v) is 11.6. The van der Waals surface area contributed by atoms with Crippen LogP contribution >= 0.6 is 11.3 Å². The van der Waals surface area contributed by atoms with Gasteiger partial charge in [0.1, 0.15) is 5.56 Å². The summed E-state index contributed by atoms with van der Waals surface area (Å²) in [5.74, 6) is -0.421. The minimum absolute atomic E-state index is 0.00716. The Bertz CT molecular complexity index is 640. The second-order valence-corrected chi connectivity index (χ2v) is 5.11. The van der Waals surface area contributed by atoms with Gasteiger partial charge in [0.05, 0.1) is 4.92 Å². The van der Waals surface area contributed by atoms with E-state index in [4.69, 9.17) is 5.73 Å². The summed E-state index contributed by atoms with van der Waals surface area (Å²) in [5.41, 5.74) is 6.69. The van der Waals surface area contributed by atoms with Crippen molar-refractivity contribution < 1.29 is 9.72 Å². The molecule has 1 aromatic heterocycles. The number of anilines is 1. The molecule has 0 aliphatic heterocycles. The third-order valence-corrected chi connectivity index (χ3v) is 3.53. The van der Waals surface area contributed by atoms with Gasteiger partial charge in [0.25, 0.3) is 11.6 Å². The minimum atomic E-state index is -0.578. The molecule has 0 fully saturated rings. The predicted octanol–water partition coefficient (Wildman–Crippen LogP) is 2.51. The molecular weight excluding hydrogens is 278 g/mol. The van der Waals surface area contributed by atoms with Crippen LogP contribution in [-0.4, -0.2) is 22.8 Å². The Morgan fingerprint density at radius 3 is 2.80 bits per heavy atom. The van der Waals surface area contributed by atoms with E-state index in [1.165, 1.54) is 34.4 Å². The van der Waals surface area contributed by atoms with Crippen molar-refractivity contribution in [2.75, 3.05) is 12.8 Å². The van der Waals surface area contributed by atoms with Gasteiger partial charge in [-0.3, -0.25) is 14.9 Å². The van der Waals surface area contributed by atoms with Crippen LogP contribution in [0.1, 0.15) is 15.9 Å². The first-order valence-corrected chi connectivity index (χ1v) is 6.74. The van der Waals surface area contributed by atoms with Crippen LogP contribution in [0, 0.1) is 10.1 Å². The maximum Gasteiger partial charge on any atom is 0.282 e. The number of nitrogens with zero attached hydrogens (tertiary/aromatic N) is 2. The van der Waals surface area contributed by atoms with Crippen molar-refractivity contribution >= 4 is 28.6 Å². The number of nitro groups is 1. The summed E-state index contributed by atoms with van der Waals surface area (Å²) in [7, 11) is 1.60. The lowest BCUT2D eigenvalue weighted by atomic mass is 10.1. The Kier molecular flexibility index (Phi) is 3.99. The van der Waals surface area contributed by atoms with Crippen LogP contribution in [0.15, 0.2) is 35.0 Å². The second kappa shape index (κ2) is 5.70. The van der Waals surface area contributed by atoms with Crippen molar-refractivity contribution in [1.82, 2.24) is 4.90 Å². The highest BCUT2D eigenvalue weighted by Crippen LogP contribution is 2.23. The number of carbonyl (C=O) groups excluding carboxylic acids is 1. The van der Waals surface area contributed by atoms with E-state index < -0.39 is 10.8 Å². The van der Waals surface area contributed by atoms with Gasteiger partial charge in [-0.2, -0.15) is 11.3 Å². The van der Waals surface area contributed by atoms with Gasteiger partial charge >= 0.3 is 0 Å². The van der Waals surface area contributed by atoms with Crippen molar-refractivity contribution in [2.24, 2.45) is 0 Å². The third kappa shape index (κ3) is 2.94. The molecular formula is C13H13N3O3S. The van der Waals surface area contributed by atoms with Gasteiger partial charge in [0.2, 0.25) is 0 Å². The minimum Gasteiger partial charge on any atom is -0.399 e. The average Bonchev–Trinajstić information content (AvgIpc) is 2.90. The number of amides is 1. The number of thiophene rings is 1. The van der Waals surface area contributed by atoms with Gasteiger partial charge in [0.15, 0.2) is 0 Å². The van der Waals surface area contributed by atoms with Crippen molar-refractivity contribution in [3.8, 4) is 0 Å². The number of hydrogen-bond donors (Lipinski definition) is 1.